The van der Waals surface area contributed by atoms with Crippen LogP contribution in [0.2, 0.25) is 0 Å². The van der Waals surface area contributed by atoms with Gasteiger partial charge in [0.2, 0.25) is 0 Å². The van der Waals surface area contributed by atoms with Crippen molar-refractivity contribution in [1.29, 1.82) is 0 Å². The molecule has 1 saturated carbocycles. The van der Waals surface area contributed by atoms with E-state index in [1.54, 1.807) is 6.20 Å². The van der Waals surface area contributed by atoms with Crippen LogP contribution in [-0.2, 0) is 11.3 Å². The Morgan fingerprint density at radius 2 is 2.11 bits per heavy atom. The number of aliphatic imine (C=N–C) groups is 1. The molecular weight excluding hydrogens is 453 g/mol. The molecule has 1 aromatic heterocycles. The van der Waals surface area contributed by atoms with E-state index in [0.29, 0.717) is 6.54 Å². The highest BCUT2D eigenvalue weighted by atomic mass is 127. The van der Waals surface area contributed by atoms with Gasteiger partial charge in [0.15, 0.2) is 5.96 Å². The van der Waals surface area contributed by atoms with Gasteiger partial charge >= 0.3 is 0 Å². The van der Waals surface area contributed by atoms with E-state index in [1.165, 1.54) is 18.4 Å². The van der Waals surface area contributed by atoms with Gasteiger partial charge in [-0.3, -0.25) is 0 Å². The fraction of sp³-hybridized carbons (Fsp3) is 0.500. The van der Waals surface area contributed by atoms with E-state index in [9.17, 15) is 0 Å². The number of guanidine groups is 1. The van der Waals surface area contributed by atoms with Crippen LogP contribution in [-0.4, -0.2) is 54.0 Å². The van der Waals surface area contributed by atoms with Gasteiger partial charge in [-0.15, -0.1) is 24.0 Å². The number of nitrogens with zero attached hydrogens (tertiary/aromatic N) is 4. The molecule has 0 radical (unpaired) electrons. The van der Waals surface area contributed by atoms with Gasteiger partial charge in [0.25, 0.3) is 0 Å². The number of hydrogen-bond acceptors (Lipinski definition) is 3. The average Bonchev–Trinajstić information content (AvgIpc) is 3.33. The minimum atomic E-state index is 0. The summed E-state index contributed by atoms with van der Waals surface area (Å²) >= 11 is 0. The lowest BCUT2D eigenvalue weighted by molar-refractivity contribution is 0.115. The Kier molecular flexibility index (Phi) is 9.06. The fourth-order valence-electron chi connectivity index (χ4n) is 2.65. The second-order valence-corrected chi connectivity index (χ2v) is 6.73. The molecular formula is C20H30IN5O. The summed E-state index contributed by atoms with van der Waals surface area (Å²) in [5.41, 5.74) is 2.23. The van der Waals surface area contributed by atoms with Crippen molar-refractivity contribution in [2.24, 2.45) is 10.9 Å². The third-order valence-electron chi connectivity index (χ3n) is 4.43. The average molecular weight is 483 g/mol. The summed E-state index contributed by atoms with van der Waals surface area (Å²) in [6, 6.07) is 10.3. The highest BCUT2D eigenvalue weighted by molar-refractivity contribution is 14.0. The Labute approximate surface area is 179 Å². The number of nitrogens with one attached hydrogen (secondary N) is 1. The van der Waals surface area contributed by atoms with Crippen LogP contribution in [0.4, 0.5) is 0 Å². The van der Waals surface area contributed by atoms with Gasteiger partial charge in [-0.2, -0.15) is 5.10 Å². The molecule has 1 aromatic carbocycles. The number of aromatic nitrogens is 2. The molecule has 0 bridgehead atoms. The number of benzene rings is 1. The van der Waals surface area contributed by atoms with E-state index in [1.807, 2.05) is 16.9 Å². The first-order valence-electron chi connectivity index (χ1n) is 9.42. The first-order valence-corrected chi connectivity index (χ1v) is 9.42. The maximum Gasteiger partial charge on any atom is 0.194 e. The Balaban J connectivity index is 0.00000261. The molecule has 1 heterocycles. The molecule has 1 aliphatic rings. The van der Waals surface area contributed by atoms with Gasteiger partial charge in [0.1, 0.15) is 0 Å². The van der Waals surface area contributed by atoms with Crippen molar-refractivity contribution < 1.29 is 4.74 Å². The van der Waals surface area contributed by atoms with Crippen molar-refractivity contribution in [2.45, 2.75) is 26.3 Å². The van der Waals surface area contributed by atoms with E-state index < -0.39 is 0 Å². The van der Waals surface area contributed by atoms with Crippen LogP contribution < -0.4 is 5.32 Å². The molecule has 2 aromatic rings. The summed E-state index contributed by atoms with van der Waals surface area (Å²) in [5.74, 6) is 1.73. The number of ether oxygens (including phenoxy) is 1. The lowest BCUT2D eigenvalue weighted by Gasteiger charge is -2.22. The molecule has 0 aliphatic heterocycles. The van der Waals surface area contributed by atoms with Crippen LogP contribution in [0.5, 0.6) is 0 Å². The second-order valence-electron chi connectivity index (χ2n) is 6.73. The smallest absolute Gasteiger partial charge is 0.194 e. The molecule has 0 spiro atoms. The molecule has 0 amide bonds. The van der Waals surface area contributed by atoms with Crippen molar-refractivity contribution >= 4 is 29.9 Å². The Morgan fingerprint density at radius 3 is 2.74 bits per heavy atom. The van der Waals surface area contributed by atoms with Gasteiger partial charge in [-0.05, 0) is 49.4 Å². The van der Waals surface area contributed by atoms with E-state index in [-0.39, 0.29) is 24.0 Å². The van der Waals surface area contributed by atoms with Crippen LogP contribution in [0.3, 0.4) is 0 Å². The van der Waals surface area contributed by atoms with Gasteiger partial charge in [0, 0.05) is 39.1 Å². The normalized spacial score (nSPS) is 13.9. The Morgan fingerprint density at radius 1 is 1.33 bits per heavy atom. The summed E-state index contributed by atoms with van der Waals surface area (Å²) in [6.45, 7) is 6.09. The number of likely N-dealkylation sites (N-methyl/N-ethyl adjacent to an activating group) is 1. The standard InChI is InChI=1S/C20H29N5O.HI/c1-3-21-20(24(2)13-14-26-16-18-5-6-18)22-15-17-7-9-19(10-8-17)25-12-4-11-23-25;/h4,7-12,18H,3,5-6,13-16H2,1-2H3,(H,21,22);1H. The third kappa shape index (κ3) is 7.14. The number of hydrogen-bond donors (Lipinski definition) is 1. The second kappa shape index (κ2) is 11.3. The van der Waals surface area contributed by atoms with Crippen LogP contribution in [0.25, 0.3) is 5.69 Å². The zero-order valence-corrected chi connectivity index (χ0v) is 18.5. The topological polar surface area (TPSA) is 54.7 Å². The van der Waals surface area contributed by atoms with Crippen molar-refractivity contribution in [2.75, 3.05) is 33.4 Å². The molecule has 6 nitrogen and oxygen atoms in total. The maximum absolute atomic E-state index is 5.74. The van der Waals surface area contributed by atoms with E-state index in [2.05, 4.69) is 53.6 Å². The largest absolute Gasteiger partial charge is 0.379 e. The van der Waals surface area contributed by atoms with Crippen molar-refractivity contribution in [1.82, 2.24) is 20.0 Å². The summed E-state index contributed by atoms with van der Waals surface area (Å²) in [7, 11) is 2.06. The first-order chi connectivity index (χ1) is 12.8. The Hall–Kier alpha value is -1.61. The van der Waals surface area contributed by atoms with Crippen LogP contribution >= 0.6 is 24.0 Å². The van der Waals surface area contributed by atoms with E-state index in [4.69, 9.17) is 9.73 Å². The Bertz CT molecular complexity index is 683. The SMILES string of the molecule is CCNC(=NCc1ccc(-n2cccn2)cc1)N(C)CCOCC1CC1.I. The lowest BCUT2D eigenvalue weighted by Crippen LogP contribution is -2.40. The molecule has 1 fully saturated rings. The molecule has 1 N–H and O–H groups in total. The number of halogens is 1. The van der Waals surface area contributed by atoms with Gasteiger partial charge in [0.05, 0.1) is 18.8 Å². The predicted octanol–water partition coefficient (Wildman–Crippen LogP) is 3.31. The molecule has 0 saturated heterocycles. The molecule has 27 heavy (non-hydrogen) atoms. The summed E-state index contributed by atoms with van der Waals surface area (Å²) in [6.07, 6.45) is 6.39. The fourth-order valence-corrected chi connectivity index (χ4v) is 2.65. The van der Waals surface area contributed by atoms with Crippen LogP contribution in [0.1, 0.15) is 25.3 Å². The van der Waals surface area contributed by atoms with Gasteiger partial charge < -0.3 is 15.0 Å². The first kappa shape index (κ1) is 21.7. The third-order valence-corrected chi connectivity index (χ3v) is 4.43. The zero-order valence-electron chi connectivity index (χ0n) is 16.2. The summed E-state index contributed by atoms with van der Waals surface area (Å²) < 4.78 is 7.59. The maximum atomic E-state index is 5.74. The molecule has 3 rings (SSSR count). The van der Waals surface area contributed by atoms with E-state index in [0.717, 1.165) is 43.9 Å². The quantitative estimate of drug-likeness (QED) is 0.258. The highest BCUT2D eigenvalue weighted by Crippen LogP contribution is 2.28. The zero-order chi connectivity index (χ0) is 18.2. The molecule has 1 aliphatic carbocycles. The summed E-state index contributed by atoms with van der Waals surface area (Å²) in [5, 5.41) is 7.60. The van der Waals surface area contributed by atoms with Crippen molar-refractivity contribution in [3.8, 4) is 5.69 Å². The number of rotatable bonds is 9. The minimum absolute atomic E-state index is 0. The monoisotopic (exact) mass is 483 g/mol. The minimum Gasteiger partial charge on any atom is -0.379 e. The van der Waals surface area contributed by atoms with Crippen molar-refractivity contribution in [3.63, 3.8) is 0 Å². The lowest BCUT2D eigenvalue weighted by atomic mass is 10.2. The van der Waals surface area contributed by atoms with E-state index >= 15 is 0 Å². The van der Waals surface area contributed by atoms with Crippen LogP contribution in [0.15, 0.2) is 47.7 Å². The summed E-state index contributed by atoms with van der Waals surface area (Å²) in [4.78, 5) is 6.89. The molecule has 7 heteroatoms. The molecule has 0 atom stereocenters. The predicted molar refractivity (Wildman–Crippen MR) is 120 cm³/mol. The van der Waals surface area contributed by atoms with Gasteiger partial charge in [-0.1, -0.05) is 12.1 Å². The van der Waals surface area contributed by atoms with Crippen molar-refractivity contribution in [3.05, 3.63) is 48.3 Å². The molecule has 148 valence electrons. The molecule has 0 unspecified atom stereocenters. The van der Waals surface area contributed by atoms with Gasteiger partial charge in [-0.25, -0.2) is 9.67 Å². The van der Waals surface area contributed by atoms with Crippen LogP contribution in [0, 0.1) is 5.92 Å². The highest BCUT2D eigenvalue weighted by Gasteiger charge is 2.21.